The van der Waals surface area contributed by atoms with Crippen molar-refractivity contribution in [2.75, 3.05) is 26.2 Å². The maximum Gasteiger partial charge on any atom is 0.133 e. The highest BCUT2D eigenvalue weighted by Gasteiger charge is 2.30. The van der Waals surface area contributed by atoms with Gasteiger partial charge in [-0.2, -0.15) is 0 Å². The molecule has 2 saturated heterocycles. The second-order valence-corrected chi connectivity index (χ2v) is 6.19. The smallest absolute Gasteiger partial charge is 0.133 e. The normalized spacial score (nSPS) is 23.8. The molecule has 0 saturated carbocycles. The summed E-state index contributed by atoms with van der Waals surface area (Å²) in [7, 11) is 0. The molecule has 20 heavy (non-hydrogen) atoms. The number of benzene rings is 1. The van der Waals surface area contributed by atoms with Gasteiger partial charge in [0.05, 0.1) is 0 Å². The van der Waals surface area contributed by atoms with Gasteiger partial charge in [0.2, 0.25) is 0 Å². The Morgan fingerprint density at radius 1 is 1.35 bits per heavy atom. The maximum atomic E-state index is 13.6. The lowest BCUT2D eigenvalue weighted by Gasteiger charge is -2.37. The third-order valence-electron chi connectivity index (χ3n) is 4.37. The van der Waals surface area contributed by atoms with Crippen molar-refractivity contribution in [3.63, 3.8) is 0 Å². The van der Waals surface area contributed by atoms with E-state index in [0.29, 0.717) is 11.6 Å². The molecular weight excluding hydrogens is 273 g/mol. The minimum absolute atomic E-state index is 0.130. The summed E-state index contributed by atoms with van der Waals surface area (Å²) < 4.78 is 13.6. The van der Waals surface area contributed by atoms with Crippen molar-refractivity contribution >= 4 is 17.2 Å². The number of hydrogen-bond donors (Lipinski definition) is 1. The Bertz CT molecular complexity index is 520. The predicted molar refractivity (Wildman–Crippen MR) is 82.2 cm³/mol. The van der Waals surface area contributed by atoms with Gasteiger partial charge < -0.3 is 5.73 Å². The van der Waals surface area contributed by atoms with E-state index in [0.717, 1.165) is 31.7 Å². The van der Waals surface area contributed by atoms with E-state index in [1.54, 1.807) is 6.07 Å². The van der Waals surface area contributed by atoms with Gasteiger partial charge in [-0.3, -0.25) is 9.80 Å². The van der Waals surface area contributed by atoms with Crippen molar-refractivity contribution in [1.82, 2.24) is 9.80 Å². The van der Waals surface area contributed by atoms with Crippen LogP contribution in [0.5, 0.6) is 0 Å². The Hall–Kier alpha value is -1.04. The summed E-state index contributed by atoms with van der Waals surface area (Å²) in [4.78, 5) is 5.16. The molecule has 1 aromatic carbocycles. The third-order valence-corrected chi connectivity index (χ3v) is 4.59. The Labute approximate surface area is 124 Å². The van der Waals surface area contributed by atoms with Crippen molar-refractivity contribution < 1.29 is 4.39 Å². The lowest BCUT2D eigenvalue weighted by atomic mass is 10.1. The molecule has 0 radical (unpaired) electrons. The van der Waals surface area contributed by atoms with Crippen molar-refractivity contribution in [3.05, 3.63) is 35.1 Å². The van der Waals surface area contributed by atoms with Gasteiger partial charge in [-0.15, -0.1) is 0 Å². The van der Waals surface area contributed by atoms with Gasteiger partial charge in [0, 0.05) is 37.8 Å². The average Bonchev–Trinajstić information content (AvgIpc) is 2.88. The van der Waals surface area contributed by atoms with Crippen LogP contribution in [0.2, 0.25) is 0 Å². The highest BCUT2D eigenvalue weighted by atomic mass is 32.1. The Morgan fingerprint density at radius 3 is 3.00 bits per heavy atom. The summed E-state index contributed by atoms with van der Waals surface area (Å²) in [5.74, 6) is -0.332. The molecular formula is C15H20FN3S. The number of hydrogen-bond acceptors (Lipinski definition) is 3. The minimum Gasteiger partial charge on any atom is -0.389 e. The Kier molecular flexibility index (Phi) is 4.01. The van der Waals surface area contributed by atoms with E-state index in [9.17, 15) is 4.39 Å². The summed E-state index contributed by atoms with van der Waals surface area (Å²) in [6, 6.07) is 5.80. The second-order valence-electron chi connectivity index (χ2n) is 5.75. The van der Waals surface area contributed by atoms with Crippen LogP contribution in [0.25, 0.3) is 0 Å². The number of nitrogens with zero attached hydrogens (tertiary/aromatic N) is 2. The van der Waals surface area contributed by atoms with Gasteiger partial charge in [0.15, 0.2) is 0 Å². The van der Waals surface area contributed by atoms with Gasteiger partial charge in [0.25, 0.3) is 0 Å². The van der Waals surface area contributed by atoms with Crippen LogP contribution >= 0.6 is 12.2 Å². The average molecular weight is 293 g/mol. The fourth-order valence-electron chi connectivity index (χ4n) is 3.32. The SMILES string of the molecule is NC(=S)c1cc(CN2CCN3CCCC3C2)ccc1F. The molecule has 2 aliphatic heterocycles. The van der Waals surface area contributed by atoms with Gasteiger partial charge in [-0.25, -0.2) is 4.39 Å². The summed E-state index contributed by atoms with van der Waals surface area (Å²) in [5.41, 5.74) is 7.00. The molecule has 0 spiro atoms. The zero-order chi connectivity index (χ0) is 14.1. The van der Waals surface area contributed by atoms with Crippen LogP contribution < -0.4 is 5.73 Å². The monoisotopic (exact) mass is 293 g/mol. The second kappa shape index (κ2) is 5.76. The number of fused-ring (bicyclic) bond motifs is 1. The van der Waals surface area contributed by atoms with Crippen LogP contribution in [-0.2, 0) is 6.54 Å². The quantitative estimate of drug-likeness (QED) is 0.861. The van der Waals surface area contributed by atoms with E-state index >= 15 is 0 Å². The van der Waals surface area contributed by atoms with Crippen LogP contribution in [0.1, 0.15) is 24.0 Å². The van der Waals surface area contributed by atoms with Gasteiger partial charge in [-0.1, -0.05) is 18.3 Å². The summed E-state index contributed by atoms with van der Waals surface area (Å²) >= 11 is 4.89. The van der Waals surface area contributed by atoms with Gasteiger partial charge in [-0.05, 0) is 37.1 Å². The standard InChI is InChI=1S/C15H20FN3S/c16-14-4-3-11(8-13(14)15(17)20)9-18-6-7-19-5-1-2-12(19)10-18/h3-4,8,12H,1-2,5-7,9-10H2,(H2,17,20). The number of halogens is 1. The van der Waals surface area contributed by atoms with E-state index in [1.165, 1.54) is 25.5 Å². The fourth-order valence-corrected chi connectivity index (χ4v) is 3.47. The van der Waals surface area contributed by atoms with Crippen LogP contribution in [0, 0.1) is 5.82 Å². The molecule has 3 rings (SSSR count). The van der Waals surface area contributed by atoms with Crippen LogP contribution in [0.15, 0.2) is 18.2 Å². The summed E-state index contributed by atoms with van der Waals surface area (Å²) in [6.07, 6.45) is 2.62. The highest BCUT2D eigenvalue weighted by Crippen LogP contribution is 2.23. The molecule has 2 fully saturated rings. The highest BCUT2D eigenvalue weighted by molar-refractivity contribution is 7.80. The van der Waals surface area contributed by atoms with Crippen molar-refractivity contribution in [2.45, 2.75) is 25.4 Å². The molecule has 0 aliphatic carbocycles. The Morgan fingerprint density at radius 2 is 2.20 bits per heavy atom. The first-order chi connectivity index (χ1) is 9.63. The van der Waals surface area contributed by atoms with Gasteiger partial charge >= 0.3 is 0 Å². The molecule has 0 amide bonds. The molecule has 1 atom stereocenters. The van der Waals surface area contributed by atoms with Gasteiger partial charge in [0.1, 0.15) is 10.8 Å². The lowest BCUT2D eigenvalue weighted by Crippen LogP contribution is -2.49. The molecule has 1 unspecified atom stereocenters. The maximum absolute atomic E-state index is 13.6. The molecule has 3 nitrogen and oxygen atoms in total. The molecule has 5 heteroatoms. The number of rotatable bonds is 3. The molecule has 1 aromatic rings. The first-order valence-corrected chi connectivity index (χ1v) is 7.59. The van der Waals surface area contributed by atoms with Crippen molar-refractivity contribution in [2.24, 2.45) is 5.73 Å². The van der Waals surface area contributed by atoms with E-state index in [4.69, 9.17) is 18.0 Å². The zero-order valence-electron chi connectivity index (χ0n) is 11.5. The van der Waals surface area contributed by atoms with Crippen LogP contribution in [0.4, 0.5) is 4.39 Å². The molecule has 108 valence electrons. The van der Waals surface area contributed by atoms with Crippen molar-refractivity contribution in [3.8, 4) is 0 Å². The molecule has 2 heterocycles. The van der Waals surface area contributed by atoms with E-state index in [1.807, 2.05) is 6.07 Å². The summed E-state index contributed by atoms with van der Waals surface area (Å²) in [6.45, 7) is 5.44. The fraction of sp³-hybridized carbons (Fsp3) is 0.533. The molecule has 0 aromatic heterocycles. The van der Waals surface area contributed by atoms with E-state index in [2.05, 4.69) is 9.80 Å². The van der Waals surface area contributed by atoms with Crippen molar-refractivity contribution in [1.29, 1.82) is 0 Å². The predicted octanol–water partition coefficient (Wildman–Crippen LogP) is 1.74. The molecule has 0 bridgehead atoms. The topological polar surface area (TPSA) is 32.5 Å². The first-order valence-electron chi connectivity index (χ1n) is 7.18. The summed E-state index contributed by atoms with van der Waals surface area (Å²) in [5, 5.41) is 0. The third kappa shape index (κ3) is 2.85. The first kappa shape index (κ1) is 13.9. The number of thiocarbonyl (C=S) groups is 1. The molecule has 2 N–H and O–H groups in total. The number of piperazine rings is 1. The van der Waals surface area contributed by atoms with E-state index < -0.39 is 0 Å². The Balaban J connectivity index is 1.68. The molecule has 2 aliphatic rings. The van der Waals surface area contributed by atoms with Crippen LogP contribution in [0.3, 0.4) is 0 Å². The zero-order valence-corrected chi connectivity index (χ0v) is 12.3. The minimum atomic E-state index is -0.332. The lowest BCUT2D eigenvalue weighted by molar-refractivity contribution is 0.0993. The van der Waals surface area contributed by atoms with E-state index in [-0.39, 0.29) is 10.8 Å². The largest absolute Gasteiger partial charge is 0.389 e. The number of nitrogens with two attached hydrogens (primary N) is 1. The van der Waals surface area contributed by atoms with Crippen LogP contribution in [-0.4, -0.2) is 47.0 Å².